The molecule has 4 rings (SSSR count). The number of aryl methyl sites for hydroxylation is 1. The number of benzene rings is 2. The molecule has 2 aromatic carbocycles. The van der Waals surface area contributed by atoms with E-state index in [9.17, 15) is 14.9 Å². The molecule has 8 nitrogen and oxygen atoms in total. The number of nitro benzene ring substituents is 1. The number of rotatable bonds is 6. The molecule has 0 fully saturated rings. The molecule has 3 aromatic rings. The first-order valence-corrected chi connectivity index (χ1v) is 11.3. The largest absolute Gasteiger partial charge is 0.292 e. The number of ketones is 1. The Morgan fingerprint density at radius 2 is 1.76 bits per heavy atom. The highest BCUT2D eigenvalue weighted by atomic mass is 16.6. The van der Waals surface area contributed by atoms with Gasteiger partial charge < -0.3 is 0 Å². The molecule has 1 aromatic heterocycles. The summed E-state index contributed by atoms with van der Waals surface area (Å²) in [6.45, 7) is 11.1. The minimum absolute atomic E-state index is 0.00680. The summed E-state index contributed by atoms with van der Waals surface area (Å²) in [7, 11) is 0. The van der Waals surface area contributed by atoms with Crippen molar-refractivity contribution in [2.75, 3.05) is 0 Å². The zero-order chi connectivity index (χ0) is 24.0. The van der Waals surface area contributed by atoms with E-state index in [-0.39, 0.29) is 34.7 Å². The van der Waals surface area contributed by atoms with Crippen LogP contribution < -0.4 is 0 Å². The predicted octanol–water partition coefficient (Wildman–Crippen LogP) is 5.04. The molecule has 172 valence electrons. The van der Waals surface area contributed by atoms with Crippen molar-refractivity contribution in [3.05, 3.63) is 68.8 Å². The van der Waals surface area contributed by atoms with Gasteiger partial charge in [-0.2, -0.15) is 4.80 Å². The Kier molecular flexibility index (Phi) is 5.64. The van der Waals surface area contributed by atoms with Crippen molar-refractivity contribution in [1.82, 2.24) is 20.2 Å². The van der Waals surface area contributed by atoms with Crippen molar-refractivity contribution in [3.63, 3.8) is 0 Å². The fourth-order valence-corrected chi connectivity index (χ4v) is 4.61. The molecule has 0 N–H and O–H groups in total. The molecule has 1 aliphatic rings. The molecular formula is C25H29N5O3. The van der Waals surface area contributed by atoms with Crippen LogP contribution in [0.15, 0.2) is 36.4 Å². The third-order valence-electron chi connectivity index (χ3n) is 6.81. The van der Waals surface area contributed by atoms with Crippen LogP contribution >= 0.6 is 0 Å². The monoisotopic (exact) mass is 447 g/mol. The van der Waals surface area contributed by atoms with E-state index < -0.39 is 4.92 Å². The SMILES string of the molecule is CCc1cc2c(cc1C(=O)Cn1nnc(-c3cccc([N+](=O)[O-])c3)n1)C(C)(C)CCC2(C)C. The molecule has 0 bridgehead atoms. The van der Waals surface area contributed by atoms with E-state index in [0.29, 0.717) is 11.1 Å². The number of carbonyl (C=O) groups is 1. The van der Waals surface area contributed by atoms with Gasteiger partial charge in [-0.25, -0.2) is 0 Å². The van der Waals surface area contributed by atoms with Gasteiger partial charge in [0.25, 0.3) is 5.69 Å². The van der Waals surface area contributed by atoms with E-state index in [4.69, 9.17) is 0 Å². The first-order valence-electron chi connectivity index (χ1n) is 11.3. The molecule has 0 spiro atoms. The zero-order valence-electron chi connectivity index (χ0n) is 19.8. The van der Waals surface area contributed by atoms with E-state index >= 15 is 0 Å². The summed E-state index contributed by atoms with van der Waals surface area (Å²) in [5.41, 5.74) is 4.83. The van der Waals surface area contributed by atoms with Gasteiger partial charge in [-0.15, -0.1) is 10.2 Å². The van der Waals surface area contributed by atoms with Crippen LogP contribution in [-0.4, -0.2) is 30.9 Å². The second-order valence-electron chi connectivity index (χ2n) is 10.1. The molecule has 0 radical (unpaired) electrons. The lowest BCUT2D eigenvalue weighted by Gasteiger charge is -2.42. The predicted molar refractivity (Wildman–Crippen MR) is 125 cm³/mol. The van der Waals surface area contributed by atoms with Crippen molar-refractivity contribution in [1.29, 1.82) is 0 Å². The Labute approximate surface area is 193 Å². The molecule has 33 heavy (non-hydrogen) atoms. The van der Waals surface area contributed by atoms with Crippen LogP contribution in [0.5, 0.6) is 0 Å². The fourth-order valence-electron chi connectivity index (χ4n) is 4.61. The quantitative estimate of drug-likeness (QED) is 0.298. The molecule has 0 unspecified atom stereocenters. The first kappa shape index (κ1) is 22.8. The molecule has 1 heterocycles. The molecule has 0 saturated heterocycles. The number of fused-ring (bicyclic) bond motifs is 1. The third kappa shape index (κ3) is 4.29. The highest BCUT2D eigenvalue weighted by Crippen LogP contribution is 2.46. The van der Waals surface area contributed by atoms with Crippen molar-refractivity contribution in [3.8, 4) is 11.4 Å². The number of nitro groups is 1. The molecule has 0 atom stereocenters. The van der Waals surface area contributed by atoms with Gasteiger partial charge in [0.05, 0.1) is 4.92 Å². The van der Waals surface area contributed by atoms with Crippen LogP contribution in [0.25, 0.3) is 11.4 Å². The van der Waals surface area contributed by atoms with Crippen molar-refractivity contribution in [2.24, 2.45) is 0 Å². The molecule has 8 heteroatoms. The number of hydrogen-bond acceptors (Lipinski definition) is 6. The van der Waals surface area contributed by atoms with Gasteiger partial charge in [0.15, 0.2) is 5.78 Å². The van der Waals surface area contributed by atoms with E-state index in [2.05, 4.69) is 62.2 Å². The first-order chi connectivity index (χ1) is 15.5. The summed E-state index contributed by atoms with van der Waals surface area (Å²) >= 11 is 0. The number of Topliss-reactive ketones (excluding diaryl/α,β-unsaturated/α-hetero) is 1. The van der Waals surface area contributed by atoms with Gasteiger partial charge in [-0.1, -0.05) is 52.8 Å². The number of carbonyl (C=O) groups excluding carboxylic acids is 1. The summed E-state index contributed by atoms with van der Waals surface area (Å²) < 4.78 is 0. The van der Waals surface area contributed by atoms with Gasteiger partial charge in [0.2, 0.25) is 5.82 Å². The van der Waals surface area contributed by atoms with Crippen LogP contribution in [-0.2, 0) is 23.8 Å². The second-order valence-corrected chi connectivity index (χ2v) is 10.1. The standard InChI is InChI=1S/C25H29N5O3/c1-6-16-13-20-21(25(4,5)11-10-24(20,2)3)14-19(16)22(31)15-29-27-23(26-28-29)17-8-7-9-18(12-17)30(32)33/h7-9,12-14H,6,10-11,15H2,1-5H3. The molecule has 0 amide bonds. The minimum atomic E-state index is -0.470. The Morgan fingerprint density at radius 1 is 1.09 bits per heavy atom. The van der Waals surface area contributed by atoms with Gasteiger partial charge in [-0.05, 0) is 58.1 Å². The Balaban J connectivity index is 1.65. The van der Waals surface area contributed by atoms with Gasteiger partial charge in [-0.3, -0.25) is 14.9 Å². The maximum atomic E-state index is 13.3. The topological polar surface area (TPSA) is 104 Å². The molecule has 1 aliphatic carbocycles. The number of aromatic nitrogens is 4. The van der Waals surface area contributed by atoms with E-state index in [1.807, 2.05) is 0 Å². The number of non-ortho nitro benzene ring substituents is 1. The summed E-state index contributed by atoms with van der Waals surface area (Å²) in [5, 5.41) is 23.3. The highest BCUT2D eigenvalue weighted by Gasteiger charge is 2.38. The van der Waals surface area contributed by atoms with Crippen molar-refractivity contribution < 1.29 is 9.72 Å². The highest BCUT2D eigenvalue weighted by molar-refractivity contribution is 5.97. The maximum Gasteiger partial charge on any atom is 0.270 e. The van der Waals surface area contributed by atoms with Crippen LogP contribution in [0, 0.1) is 10.1 Å². The van der Waals surface area contributed by atoms with Crippen LogP contribution in [0.2, 0.25) is 0 Å². The molecule has 0 aliphatic heterocycles. The fraction of sp³-hybridized carbons (Fsp3) is 0.440. The zero-order valence-corrected chi connectivity index (χ0v) is 19.8. The van der Waals surface area contributed by atoms with E-state index in [1.54, 1.807) is 12.1 Å². The summed E-state index contributed by atoms with van der Waals surface area (Å²) in [5.74, 6) is 0.173. The van der Waals surface area contributed by atoms with Gasteiger partial charge >= 0.3 is 0 Å². The van der Waals surface area contributed by atoms with Gasteiger partial charge in [0, 0.05) is 23.3 Å². The smallest absolute Gasteiger partial charge is 0.270 e. The summed E-state index contributed by atoms with van der Waals surface area (Å²) in [6.07, 6.45) is 2.95. The van der Waals surface area contributed by atoms with Crippen LogP contribution in [0.4, 0.5) is 5.69 Å². The van der Waals surface area contributed by atoms with E-state index in [0.717, 1.165) is 24.8 Å². The average Bonchev–Trinajstić information content (AvgIpc) is 3.24. The number of hydrogen-bond donors (Lipinski definition) is 0. The van der Waals surface area contributed by atoms with Crippen molar-refractivity contribution >= 4 is 11.5 Å². The van der Waals surface area contributed by atoms with Crippen molar-refractivity contribution in [2.45, 2.75) is 71.3 Å². The summed E-state index contributed by atoms with van der Waals surface area (Å²) in [6, 6.07) is 10.3. The van der Waals surface area contributed by atoms with Crippen LogP contribution in [0.1, 0.15) is 74.5 Å². The number of nitrogens with zero attached hydrogens (tertiary/aromatic N) is 5. The maximum absolute atomic E-state index is 13.3. The lowest BCUT2D eigenvalue weighted by atomic mass is 9.62. The Hall–Kier alpha value is -3.42. The second kappa shape index (κ2) is 8.17. The van der Waals surface area contributed by atoms with Crippen LogP contribution in [0.3, 0.4) is 0 Å². The normalized spacial score (nSPS) is 16.3. The Bertz CT molecular complexity index is 1240. The van der Waals surface area contributed by atoms with Gasteiger partial charge in [0.1, 0.15) is 6.54 Å². The lowest BCUT2D eigenvalue weighted by molar-refractivity contribution is -0.384. The van der Waals surface area contributed by atoms with E-state index in [1.165, 1.54) is 28.1 Å². The Morgan fingerprint density at radius 3 is 2.39 bits per heavy atom. The summed E-state index contributed by atoms with van der Waals surface area (Å²) in [4.78, 5) is 25.1. The minimum Gasteiger partial charge on any atom is -0.292 e. The lowest BCUT2D eigenvalue weighted by Crippen LogP contribution is -2.34. The third-order valence-corrected chi connectivity index (χ3v) is 6.81. The molecule has 0 saturated carbocycles. The average molecular weight is 448 g/mol. The molecular weight excluding hydrogens is 418 g/mol. The number of tetrazole rings is 1.